The monoisotopic (exact) mass is 306 g/mol. The molecule has 3 heteroatoms. The third-order valence-corrected chi connectivity index (χ3v) is 3.63. The van der Waals surface area contributed by atoms with Gasteiger partial charge in [-0.2, -0.15) is 5.10 Å². The van der Waals surface area contributed by atoms with E-state index in [0.717, 1.165) is 12.1 Å². The average molecular weight is 307 g/mol. The third kappa shape index (κ3) is 3.45. The Morgan fingerprint density at radius 3 is 2.50 bits per heavy atom. The molecule has 0 amide bonds. The molecule has 0 N–H and O–H groups in total. The summed E-state index contributed by atoms with van der Waals surface area (Å²) in [7, 11) is 0. The van der Waals surface area contributed by atoms with Crippen LogP contribution in [-0.4, -0.2) is 9.78 Å². The zero-order valence-electron chi connectivity index (χ0n) is 11.1. The second-order valence-electron chi connectivity index (χ2n) is 5.79. The summed E-state index contributed by atoms with van der Waals surface area (Å²) < 4.78 is 1.92. The van der Waals surface area contributed by atoms with Crippen LogP contribution in [0.4, 0.5) is 0 Å². The van der Waals surface area contributed by atoms with Crippen LogP contribution in [0, 0.1) is 5.41 Å². The molecule has 2 rings (SSSR count). The maximum atomic E-state index is 4.42. The molecule has 0 bridgehead atoms. The highest BCUT2D eigenvalue weighted by molar-refractivity contribution is 9.09. The van der Waals surface area contributed by atoms with Gasteiger partial charge in [-0.15, -0.1) is 0 Å². The van der Waals surface area contributed by atoms with E-state index in [-0.39, 0.29) is 0 Å². The van der Waals surface area contributed by atoms with Crippen molar-refractivity contribution in [1.29, 1.82) is 0 Å². The van der Waals surface area contributed by atoms with Gasteiger partial charge >= 0.3 is 0 Å². The lowest BCUT2D eigenvalue weighted by atomic mass is 9.89. The van der Waals surface area contributed by atoms with Crippen LogP contribution in [0.1, 0.15) is 37.6 Å². The SMILES string of the molecule is CC(C)(C)CC(Br)c1cnn(-c2ccccc2)c1. The molecule has 0 aliphatic carbocycles. The first-order valence-corrected chi connectivity index (χ1v) is 7.11. The lowest BCUT2D eigenvalue weighted by Crippen LogP contribution is -2.07. The summed E-state index contributed by atoms with van der Waals surface area (Å²) in [5, 5.41) is 4.42. The minimum atomic E-state index is 0.309. The summed E-state index contributed by atoms with van der Waals surface area (Å²) >= 11 is 3.75. The normalized spacial score (nSPS) is 13.6. The van der Waals surface area contributed by atoms with Gasteiger partial charge in [0.05, 0.1) is 11.9 Å². The molecule has 2 aromatic rings. The van der Waals surface area contributed by atoms with Gasteiger partial charge in [0.1, 0.15) is 0 Å². The van der Waals surface area contributed by atoms with Crippen LogP contribution in [0.2, 0.25) is 0 Å². The van der Waals surface area contributed by atoms with E-state index in [0.29, 0.717) is 10.2 Å². The fourth-order valence-electron chi connectivity index (χ4n) is 1.88. The van der Waals surface area contributed by atoms with Crippen molar-refractivity contribution in [2.45, 2.75) is 32.0 Å². The predicted octanol–water partition coefficient (Wildman–Crippen LogP) is 4.74. The number of hydrogen-bond donors (Lipinski definition) is 0. The second kappa shape index (κ2) is 5.27. The number of halogens is 1. The molecule has 1 unspecified atom stereocenters. The van der Waals surface area contributed by atoms with Crippen molar-refractivity contribution in [2.75, 3.05) is 0 Å². The minimum absolute atomic E-state index is 0.309. The summed E-state index contributed by atoms with van der Waals surface area (Å²) in [6, 6.07) is 10.2. The van der Waals surface area contributed by atoms with E-state index >= 15 is 0 Å². The number of alkyl halides is 1. The first-order chi connectivity index (χ1) is 8.46. The molecule has 0 fully saturated rings. The van der Waals surface area contributed by atoms with E-state index < -0.39 is 0 Å². The quantitative estimate of drug-likeness (QED) is 0.749. The van der Waals surface area contributed by atoms with E-state index in [1.54, 1.807) is 0 Å². The van der Waals surface area contributed by atoms with Crippen LogP contribution in [0.5, 0.6) is 0 Å². The molecule has 18 heavy (non-hydrogen) atoms. The zero-order chi connectivity index (χ0) is 13.2. The van der Waals surface area contributed by atoms with E-state index in [4.69, 9.17) is 0 Å². The average Bonchev–Trinajstić information content (AvgIpc) is 2.77. The Kier molecular flexibility index (Phi) is 3.91. The Morgan fingerprint density at radius 2 is 1.89 bits per heavy atom. The summed E-state index contributed by atoms with van der Waals surface area (Å²) in [6.45, 7) is 6.76. The standard InChI is InChI=1S/C15H19BrN2/c1-15(2,3)9-14(16)12-10-17-18(11-12)13-7-5-4-6-8-13/h4-8,10-11,14H,9H2,1-3H3. The third-order valence-electron chi connectivity index (χ3n) is 2.78. The van der Waals surface area contributed by atoms with Crippen LogP contribution >= 0.6 is 15.9 Å². The molecule has 0 spiro atoms. The van der Waals surface area contributed by atoms with Crippen molar-refractivity contribution in [3.05, 3.63) is 48.3 Å². The van der Waals surface area contributed by atoms with Gasteiger partial charge in [0.25, 0.3) is 0 Å². The van der Waals surface area contributed by atoms with E-state index in [1.807, 2.05) is 29.1 Å². The molecule has 1 aromatic heterocycles. The van der Waals surface area contributed by atoms with Crippen molar-refractivity contribution in [2.24, 2.45) is 5.41 Å². The first kappa shape index (κ1) is 13.3. The van der Waals surface area contributed by atoms with Gasteiger partial charge in [0.2, 0.25) is 0 Å². The van der Waals surface area contributed by atoms with Gasteiger partial charge in [0, 0.05) is 16.6 Å². The topological polar surface area (TPSA) is 17.8 Å². The molecule has 0 aliphatic rings. The fraction of sp³-hybridized carbons (Fsp3) is 0.400. The second-order valence-corrected chi connectivity index (χ2v) is 6.89. The number of benzene rings is 1. The lowest BCUT2D eigenvalue weighted by molar-refractivity contribution is 0.377. The Bertz CT molecular complexity index is 497. The fourth-order valence-corrected chi connectivity index (χ4v) is 3.08. The summed E-state index contributed by atoms with van der Waals surface area (Å²) in [6.07, 6.45) is 5.13. The van der Waals surface area contributed by atoms with Crippen LogP contribution in [-0.2, 0) is 0 Å². The molecule has 2 nitrogen and oxygen atoms in total. The van der Waals surface area contributed by atoms with E-state index in [2.05, 4.69) is 60.1 Å². The summed E-state index contributed by atoms with van der Waals surface area (Å²) in [5.74, 6) is 0. The van der Waals surface area contributed by atoms with Crippen molar-refractivity contribution >= 4 is 15.9 Å². The number of para-hydroxylation sites is 1. The number of aromatic nitrogens is 2. The van der Waals surface area contributed by atoms with Gasteiger partial charge in [0.15, 0.2) is 0 Å². The molecule has 0 saturated carbocycles. The smallest absolute Gasteiger partial charge is 0.0645 e. The van der Waals surface area contributed by atoms with Crippen LogP contribution in [0.25, 0.3) is 5.69 Å². The Balaban J connectivity index is 2.16. The largest absolute Gasteiger partial charge is 0.241 e. The minimum Gasteiger partial charge on any atom is -0.241 e. The molecule has 1 aromatic carbocycles. The highest BCUT2D eigenvalue weighted by Gasteiger charge is 2.19. The van der Waals surface area contributed by atoms with Gasteiger partial charge in [-0.3, -0.25) is 0 Å². The van der Waals surface area contributed by atoms with Crippen LogP contribution in [0.15, 0.2) is 42.7 Å². The highest BCUT2D eigenvalue weighted by Crippen LogP contribution is 2.35. The van der Waals surface area contributed by atoms with E-state index in [9.17, 15) is 0 Å². The maximum absolute atomic E-state index is 4.42. The molecule has 0 saturated heterocycles. The lowest BCUT2D eigenvalue weighted by Gasteiger charge is -2.21. The molecule has 96 valence electrons. The number of hydrogen-bond acceptors (Lipinski definition) is 1. The van der Waals surface area contributed by atoms with Crippen LogP contribution < -0.4 is 0 Å². The van der Waals surface area contributed by atoms with Gasteiger partial charge in [-0.25, -0.2) is 4.68 Å². The Morgan fingerprint density at radius 1 is 1.22 bits per heavy atom. The molecule has 0 aliphatic heterocycles. The molecular weight excluding hydrogens is 288 g/mol. The van der Waals surface area contributed by atoms with E-state index in [1.165, 1.54) is 5.56 Å². The zero-order valence-corrected chi connectivity index (χ0v) is 12.7. The van der Waals surface area contributed by atoms with Crippen molar-refractivity contribution in [3.63, 3.8) is 0 Å². The van der Waals surface area contributed by atoms with Crippen molar-refractivity contribution in [1.82, 2.24) is 9.78 Å². The molecule has 0 radical (unpaired) electrons. The van der Waals surface area contributed by atoms with Crippen molar-refractivity contribution in [3.8, 4) is 5.69 Å². The highest BCUT2D eigenvalue weighted by atomic mass is 79.9. The van der Waals surface area contributed by atoms with Crippen molar-refractivity contribution < 1.29 is 0 Å². The Hall–Kier alpha value is -1.09. The summed E-state index contributed by atoms with van der Waals surface area (Å²) in [4.78, 5) is 0.356. The van der Waals surface area contributed by atoms with Gasteiger partial charge < -0.3 is 0 Å². The molecular formula is C15H19BrN2. The van der Waals surface area contributed by atoms with Crippen LogP contribution in [0.3, 0.4) is 0 Å². The molecule has 1 atom stereocenters. The van der Waals surface area contributed by atoms with Gasteiger partial charge in [-0.1, -0.05) is 54.9 Å². The Labute approximate surface area is 117 Å². The number of rotatable bonds is 3. The molecule has 1 heterocycles. The predicted molar refractivity (Wildman–Crippen MR) is 79.3 cm³/mol. The summed E-state index contributed by atoms with van der Waals surface area (Å²) in [5.41, 5.74) is 2.64. The number of nitrogens with zero attached hydrogens (tertiary/aromatic N) is 2. The maximum Gasteiger partial charge on any atom is 0.0645 e. The van der Waals surface area contributed by atoms with Gasteiger partial charge in [-0.05, 0) is 24.0 Å². The first-order valence-electron chi connectivity index (χ1n) is 6.20.